The van der Waals surface area contributed by atoms with Crippen LogP contribution in [0.5, 0.6) is 5.75 Å². The fraction of sp³-hybridized carbons (Fsp3) is 0.522. The molecule has 2 aromatic rings. The highest BCUT2D eigenvalue weighted by molar-refractivity contribution is 5.78. The van der Waals surface area contributed by atoms with Gasteiger partial charge >= 0.3 is 0 Å². The topological polar surface area (TPSA) is 86.1 Å². The van der Waals surface area contributed by atoms with Gasteiger partial charge < -0.3 is 24.0 Å². The molecule has 9 nitrogen and oxygen atoms in total. The summed E-state index contributed by atoms with van der Waals surface area (Å²) in [5.41, 5.74) is -0.0412. The Morgan fingerprint density at radius 3 is 2.52 bits per heavy atom. The third kappa shape index (κ3) is 6.08. The third-order valence-electron chi connectivity index (χ3n) is 5.81. The van der Waals surface area contributed by atoms with E-state index in [1.807, 2.05) is 13.1 Å². The van der Waals surface area contributed by atoms with Crippen molar-refractivity contribution in [2.24, 2.45) is 0 Å². The fourth-order valence-corrected chi connectivity index (χ4v) is 4.04. The van der Waals surface area contributed by atoms with Crippen molar-refractivity contribution in [3.05, 3.63) is 48.0 Å². The van der Waals surface area contributed by atoms with E-state index in [0.717, 1.165) is 5.56 Å². The van der Waals surface area contributed by atoms with E-state index in [0.29, 0.717) is 38.6 Å². The van der Waals surface area contributed by atoms with Gasteiger partial charge in [-0.1, -0.05) is 0 Å². The molecule has 3 heterocycles. The highest BCUT2D eigenvalue weighted by Crippen LogP contribution is 2.26. The molecule has 10 heteroatoms. The fourth-order valence-electron chi connectivity index (χ4n) is 4.04. The number of carbonyl (C=O) groups is 2. The number of ether oxygens (including phenoxy) is 3. The Bertz CT molecular complexity index is 960. The quantitative estimate of drug-likeness (QED) is 0.619. The zero-order chi connectivity index (χ0) is 23.3. The van der Waals surface area contributed by atoms with Gasteiger partial charge in [-0.05, 0) is 36.8 Å². The van der Waals surface area contributed by atoms with Crippen LogP contribution in [0.25, 0.3) is 0 Å². The van der Waals surface area contributed by atoms with Crippen LogP contribution < -0.4 is 4.74 Å². The summed E-state index contributed by atoms with van der Waals surface area (Å²) in [6.07, 6.45) is 3.58. The number of hydrogen-bond acceptors (Lipinski definition) is 6. The van der Waals surface area contributed by atoms with Crippen LogP contribution in [0, 0.1) is 12.7 Å². The van der Waals surface area contributed by atoms with Crippen LogP contribution in [0.1, 0.15) is 12.0 Å². The minimum absolute atomic E-state index is 0.0549. The first kappa shape index (κ1) is 23.2. The lowest BCUT2D eigenvalue weighted by atomic mass is 9.96. The molecule has 0 N–H and O–H groups in total. The van der Waals surface area contributed by atoms with Crippen LogP contribution >= 0.6 is 0 Å². The Labute approximate surface area is 192 Å². The molecule has 0 spiro atoms. The number of benzene rings is 1. The SMILES string of the molecule is Cc1cnn(CC(=O)N2CCOC(COc3ccc(F)cc3)(CC(=O)N3CCOCC3)C2)c1. The minimum atomic E-state index is -1.02. The van der Waals surface area contributed by atoms with Gasteiger partial charge in [0, 0.05) is 25.8 Å². The van der Waals surface area contributed by atoms with E-state index in [9.17, 15) is 14.0 Å². The van der Waals surface area contributed by atoms with E-state index in [1.165, 1.54) is 24.3 Å². The van der Waals surface area contributed by atoms with E-state index < -0.39 is 5.60 Å². The molecule has 2 aliphatic rings. The number of amides is 2. The van der Waals surface area contributed by atoms with E-state index in [1.54, 1.807) is 20.7 Å². The maximum atomic E-state index is 13.3. The van der Waals surface area contributed by atoms with Gasteiger partial charge in [-0.25, -0.2) is 4.39 Å². The molecule has 0 saturated carbocycles. The van der Waals surface area contributed by atoms with Gasteiger partial charge in [0.25, 0.3) is 0 Å². The molecular weight excluding hydrogens is 431 g/mol. The summed E-state index contributed by atoms with van der Waals surface area (Å²) >= 11 is 0. The summed E-state index contributed by atoms with van der Waals surface area (Å²) < 4.78 is 32.2. The lowest BCUT2D eigenvalue weighted by molar-refractivity contribution is -0.167. The van der Waals surface area contributed by atoms with Gasteiger partial charge in [0.05, 0.1) is 39.0 Å². The molecule has 1 unspecified atom stereocenters. The summed E-state index contributed by atoms with van der Waals surface area (Å²) in [5, 5.41) is 4.19. The van der Waals surface area contributed by atoms with Crippen LogP contribution in [0.3, 0.4) is 0 Å². The van der Waals surface area contributed by atoms with Crippen molar-refractivity contribution in [2.45, 2.75) is 25.5 Å². The molecule has 0 aliphatic carbocycles. The summed E-state index contributed by atoms with van der Waals surface area (Å²) in [4.78, 5) is 29.5. The molecular formula is C23H29FN4O5. The molecule has 0 radical (unpaired) electrons. The van der Waals surface area contributed by atoms with Crippen LogP contribution in [0.4, 0.5) is 4.39 Å². The summed E-state index contributed by atoms with van der Waals surface area (Å²) in [6.45, 7) is 5.04. The zero-order valence-corrected chi connectivity index (χ0v) is 18.7. The number of rotatable bonds is 7. The predicted molar refractivity (Wildman–Crippen MR) is 116 cm³/mol. The summed E-state index contributed by atoms with van der Waals surface area (Å²) in [5.74, 6) is -0.0721. The van der Waals surface area contributed by atoms with Gasteiger partial charge in [-0.2, -0.15) is 5.10 Å². The number of aryl methyl sites for hydroxylation is 1. The lowest BCUT2D eigenvalue weighted by Gasteiger charge is -2.43. The van der Waals surface area contributed by atoms with Gasteiger partial charge in [0.1, 0.15) is 30.3 Å². The van der Waals surface area contributed by atoms with Crippen molar-refractivity contribution in [3.8, 4) is 5.75 Å². The van der Waals surface area contributed by atoms with Crippen LogP contribution in [-0.2, 0) is 25.6 Å². The van der Waals surface area contributed by atoms with Crippen LogP contribution in [0.2, 0.25) is 0 Å². The molecule has 0 bridgehead atoms. The number of hydrogen-bond donors (Lipinski definition) is 0. The monoisotopic (exact) mass is 460 g/mol. The zero-order valence-electron chi connectivity index (χ0n) is 18.7. The Morgan fingerprint density at radius 1 is 1.09 bits per heavy atom. The number of aromatic nitrogens is 2. The Balaban J connectivity index is 1.48. The number of nitrogens with zero attached hydrogens (tertiary/aromatic N) is 4. The van der Waals surface area contributed by atoms with Crippen LogP contribution in [-0.4, -0.2) is 89.6 Å². The first-order valence-corrected chi connectivity index (χ1v) is 11.1. The molecule has 1 atom stereocenters. The van der Waals surface area contributed by atoms with Gasteiger partial charge in [-0.15, -0.1) is 0 Å². The maximum Gasteiger partial charge on any atom is 0.244 e. The summed E-state index contributed by atoms with van der Waals surface area (Å²) in [6, 6.07) is 5.67. The summed E-state index contributed by atoms with van der Waals surface area (Å²) in [7, 11) is 0. The smallest absolute Gasteiger partial charge is 0.244 e. The average molecular weight is 461 g/mol. The van der Waals surface area contributed by atoms with E-state index in [-0.39, 0.29) is 50.4 Å². The molecule has 4 rings (SSSR count). The molecule has 1 aromatic carbocycles. The van der Waals surface area contributed by atoms with Crippen molar-refractivity contribution in [3.63, 3.8) is 0 Å². The highest BCUT2D eigenvalue weighted by Gasteiger charge is 2.42. The third-order valence-corrected chi connectivity index (χ3v) is 5.81. The van der Waals surface area contributed by atoms with E-state index >= 15 is 0 Å². The normalized spacial score (nSPS) is 21.2. The largest absolute Gasteiger partial charge is 0.490 e. The van der Waals surface area contributed by atoms with Crippen molar-refractivity contribution in [1.29, 1.82) is 0 Å². The first-order valence-electron chi connectivity index (χ1n) is 11.1. The molecule has 1 aromatic heterocycles. The van der Waals surface area contributed by atoms with Crippen molar-refractivity contribution in [1.82, 2.24) is 19.6 Å². The Kier molecular flexibility index (Phi) is 7.24. The predicted octanol–water partition coefficient (Wildman–Crippen LogP) is 1.26. The van der Waals surface area contributed by atoms with Gasteiger partial charge in [0.2, 0.25) is 11.8 Å². The van der Waals surface area contributed by atoms with Gasteiger partial charge in [0.15, 0.2) is 0 Å². The average Bonchev–Trinajstić information content (AvgIpc) is 3.24. The Morgan fingerprint density at radius 2 is 1.82 bits per heavy atom. The lowest BCUT2D eigenvalue weighted by Crippen LogP contribution is -2.59. The van der Waals surface area contributed by atoms with Crippen molar-refractivity contribution in [2.75, 3.05) is 52.6 Å². The molecule has 2 fully saturated rings. The molecule has 33 heavy (non-hydrogen) atoms. The number of morpholine rings is 2. The molecule has 178 valence electrons. The second kappa shape index (κ2) is 10.3. The molecule has 2 amide bonds. The molecule has 2 saturated heterocycles. The second-order valence-corrected chi connectivity index (χ2v) is 8.47. The van der Waals surface area contributed by atoms with Crippen LogP contribution in [0.15, 0.2) is 36.7 Å². The van der Waals surface area contributed by atoms with Crippen molar-refractivity contribution >= 4 is 11.8 Å². The maximum absolute atomic E-state index is 13.3. The second-order valence-electron chi connectivity index (χ2n) is 8.47. The molecule has 2 aliphatic heterocycles. The van der Waals surface area contributed by atoms with E-state index in [4.69, 9.17) is 14.2 Å². The standard InChI is InChI=1S/C23H29FN4O5/c1-18-13-25-28(14-18)15-22(30)27-8-11-33-23(16-27,12-21(29)26-6-9-31-10-7-26)17-32-20-4-2-19(24)3-5-20/h2-5,13-14H,6-12,15-17H2,1H3. The number of carbonyl (C=O) groups excluding carboxylic acids is 2. The van der Waals surface area contributed by atoms with Gasteiger partial charge in [-0.3, -0.25) is 14.3 Å². The number of halogens is 1. The first-order chi connectivity index (χ1) is 15.9. The minimum Gasteiger partial charge on any atom is -0.490 e. The van der Waals surface area contributed by atoms with Crippen molar-refractivity contribution < 1.29 is 28.2 Å². The Hall–Kier alpha value is -2.98. The van der Waals surface area contributed by atoms with E-state index in [2.05, 4.69) is 5.10 Å². The highest BCUT2D eigenvalue weighted by atomic mass is 19.1.